The summed E-state index contributed by atoms with van der Waals surface area (Å²) in [4.78, 5) is 28.3. The van der Waals surface area contributed by atoms with Crippen molar-refractivity contribution in [1.82, 2.24) is 4.98 Å². The highest BCUT2D eigenvalue weighted by Crippen LogP contribution is 2.19. The maximum absolute atomic E-state index is 12.2. The van der Waals surface area contributed by atoms with Gasteiger partial charge in [-0.1, -0.05) is 0 Å². The van der Waals surface area contributed by atoms with Crippen molar-refractivity contribution in [3.63, 3.8) is 0 Å². The fraction of sp³-hybridized carbons (Fsp3) is 0.0952. The predicted molar refractivity (Wildman–Crippen MR) is 100 cm³/mol. The van der Waals surface area contributed by atoms with E-state index in [9.17, 15) is 9.59 Å². The van der Waals surface area contributed by atoms with Crippen LogP contribution in [0.5, 0.6) is 23.0 Å². The molecule has 7 heteroatoms. The molecule has 2 aromatic carbocycles. The van der Waals surface area contributed by atoms with Crippen molar-refractivity contribution >= 4 is 11.9 Å². The molecular formula is C21H17NO6. The molecule has 0 aliphatic carbocycles. The summed E-state index contributed by atoms with van der Waals surface area (Å²) in [6, 6.07) is 16.0. The molecule has 0 saturated carbocycles. The van der Waals surface area contributed by atoms with Crippen LogP contribution in [0.1, 0.15) is 20.8 Å². The van der Waals surface area contributed by atoms with Crippen LogP contribution in [0, 0.1) is 0 Å². The van der Waals surface area contributed by atoms with Crippen LogP contribution in [-0.2, 0) is 0 Å². The number of carbonyl (C=O) groups excluding carboxylic acids is 2. The molecule has 3 rings (SSSR count). The number of esters is 2. The van der Waals surface area contributed by atoms with E-state index in [2.05, 4.69) is 4.98 Å². The molecule has 0 aliphatic heterocycles. The van der Waals surface area contributed by atoms with Gasteiger partial charge in [-0.15, -0.1) is 0 Å². The Bertz CT molecular complexity index is 869. The average molecular weight is 379 g/mol. The van der Waals surface area contributed by atoms with Crippen molar-refractivity contribution in [2.24, 2.45) is 0 Å². The second-order valence-electron chi connectivity index (χ2n) is 5.56. The number of aromatic nitrogens is 1. The van der Waals surface area contributed by atoms with E-state index < -0.39 is 11.9 Å². The van der Waals surface area contributed by atoms with Crippen molar-refractivity contribution in [3.8, 4) is 23.0 Å². The van der Waals surface area contributed by atoms with Crippen molar-refractivity contribution < 1.29 is 28.5 Å². The lowest BCUT2D eigenvalue weighted by atomic mass is 10.2. The molecule has 7 nitrogen and oxygen atoms in total. The predicted octanol–water partition coefficient (Wildman–Crippen LogP) is 3.54. The molecule has 0 radical (unpaired) electrons. The van der Waals surface area contributed by atoms with Crippen LogP contribution in [-0.4, -0.2) is 31.1 Å². The zero-order chi connectivity index (χ0) is 19.9. The van der Waals surface area contributed by atoms with E-state index in [0.717, 1.165) is 0 Å². The molecule has 28 heavy (non-hydrogen) atoms. The van der Waals surface area contributed by atoms with E-state index in [4.69, 9.17) is 18.9 Å². The molecule has 0 fully saturated rings. The van der Waals surface area contributed by atoms with Crippen LogP contribution in [0.15, 0.2) is 66.9 Å². The SMILES string of the molecule is COc1ccc(OC(=O)c2ccc(C(=O)Oc3ccc(OC)cc3)nc2)cc1. The van der Waals surface area contributed by atoms with Gasteiger partial charge in [-0.25, -0.2) is 14.6 Å². The average Bonchev–Trinajstić information content (AvgIpc) is 2.75. The molecule has 1 heterocycles. The Balaban J connectivity index is 1.62. The van der Waals surface area contributed by atoms with Crippen molar-refractivity contribution in [2.45, 2.75) is 0 Å². The summed E-state index contributed by atoms with van der Waals surface area (Å²) in [5, 5.41) is 0. The Kier molecular flexibility index (Phi) is 5.86. The Morgan fingerprint density at radius 2 is 1.11 bits per heavy atom. The van der Waals surface area contributed by atoms with Crippen LogP contribution in [0.2, 0.25) is 0 Å². The third-order valence-electron chi connectivity index (χ3n) is 3.75. The van der Waals surface area contributed by atoms with Crippen molar-refractivity contribution in [2.75, 3.05) is 14.2 Å². The summed E-state index contributed by atoms with van der Waals surface area (Å²) in [6.45, 7) is 0. The summed E-state index contributed by atoms with van der Waals surface area (Å²) in [5.41, 5.74) is 0.272. The van der Waals surface area contributed by atoms with Crippen LogP contribution < -0.4 is 18.9 Å². The van der Waals surface area contributed by atoms with Crippen molar-refractivity contribution in [3.05, 3.63) is 78.1 Å². The lowest BCUT2D eigenvalue weighted by Crippen LogP contribution is -2.13. The molecule has 0 unspecified atom stereocenters. The number of methoxy groups -OCH3 is 2. The standard InChI is InChI=1S/C21H17NO6/c1-25-15-4-8-17(9-5-15)27-20(23)14-3-12-19(22-13-14)21(24)28-18-10-6-16(26-2)7-11-18/h3-13H,1-2H3. The van der Waals surface area contributed by atoms with E-state index in [1.807, 2.05) is 0 Å². The third-order valence-corrected chi connectivity index (χ3v) is 3.75. The van der Waals surface area contributed by atoms with E-state index in [-0.39, 0.29) is 11.3 Å². The highest BCUT2D eigenvalue weighted by molar-refractivity contribution is 5.93. The minimum atomic E-state index is -0.639. The first kappa shape index (κ1) is 18.9. The van der Waals surface area contributed by atoms with E-state index in [1.165, 1.54) is 18.3 Å². The zero-order valence-electron chi connectivity index (χ0n) is 15.2. The first-order chi connectivity index (χ1) is 13.6. The lowest BCUT2D eigenvalue weighted by Gasteiger charge is -2.07. The van der Waals surface area contributed by atoms with Crippen LogP contribution in [0.25, 0.3) is 0 Å². The number of pyridine rings is 1. The quantitative estimate of drug-likeness (QED) is 0.478. The third kappa shape index (κ3) is 4.64. The molecule has 0 saturated heterocycles. The smallest absolute Gasteiger partial charge is 0.362 e. The van der Waals surface area contributed by atoms with E-state index in [1.54, 1.807) is 62.8 Å². The highest BCUT2D eigenvalue weighted by Gasteiger charge is 2.14. The number of hydrogen-bond acceptors (Lipinski definition) is 7. The van der Waals surface area contributed by atoms with Crippen LogP contribution in [0.3, 0.4) is 0 Å². The minimum absolute atomic E-state index is 0.0665. The van der Waals surface area contributed by atoms with Gasteiger partial charge in [0.05, 0.1) is 19.8 Å². The highest BCUT2D eigenvalue weighted by atomic mass is 16.5. The second-order valence-corrected chi connectivity index (χ2v) is 5.56. The number of benzene rings is 2. The second kappa shape index (κ2) is 8.68. The van der Waals surface area contributed by atoms with Crippen LogP contribution in [0.4, 0.5) is 0 Å². The number of nitrogens with zero attached hydrogens (tertiary/aromatic N) is 1. The Morgan fingerprint density at radius 3 is 1.54 bits per heavy atom. The molecule has 0 N–H and O–H groups in total. The number of ether oxygens (including phenoxy) is 4. The van der Waals surface area contributed by atoms with Crippen LogP contribution >= 0.6 is 0 Å². The summed E-state index contributed by atoms with van der Waals surface area (Å²) < 4.78 is 20.6. The Morgan fingerprint density at radius 1 is 0.643 bits per heavy atom. The van der Waals surface area contributed by atoms with Gasteiger partial charge in [0.25, 0.3) is 0 Å². The van der Waals surface area contributed by atoms with Gasteiger partial charge in [-0.2, -0.15) is 0 Å². The largest absolute Gasteiger partial charge is 0.497 e. The van der Waals surface area contributed by atoms with Gasteiger partial charge in [-0.05, 0) is 60.7 Å². The molecule has 142 valence electrons. The minimum Gasteiger partial charge on any atom is -0.497 e. The van der Waals surface area contributed by atoms with Gasteiger partial charge in [-0.3, -0.25) is 0 Å². The lowest BCUT2D eigenvalue weighted by molar-refractivity contribution is 0.0715. The molecular weight excluding hydrogens is 362 g/mol. The molecule has 3 aromatic rings. The van der Waals surface area contributed by atoms with Gasteiger partial charge < -0.3 is 18.9 Å². The van der Waals surface area contributed by atoms with Crippen molar-refractivity contribution in [1.29, 1.82) is 0 Å². The topological polar surface area (TPSA) is 84.0 Å². The molecule has 1 aromatic heterocycles. The van der Waals surface area contributed by atoms with Gasteiger partial charge >= 0.3 is 11.9 Å². The van der Waals surface area contributed by atoms with E-state index in [0.29, 0.717) is 23.0 Å². The summed E-state index contributed by atoms with van der Waals surface area (Å²) in [5.74, 6) is 0.802. The molecule has 0 aliphatic rings. The maximum atomic E-state index is 12.2. The number of rotatable bonds is 6. The number of carbonyl (C=O) groups is 2. The fourth-order valence-electron chi connectivity index (χ4n) is 2.25. The zero-order valence-corrected chi connectivity index (χ0v) is 15.2. The van der Waals surface area contributed by atoms with Gasteiger partial charge in [0.15, 0.2) is 0 Å². The summed E-state index contributed by atoms with van der Waals surface area (Å²) >= 11 is 0. The summed E-state index contributed by atoms with van der Waals surface area (Å²) in [6.07, 6.45) is 1.26. The molecule has 0 atom stereocenters. The molecule has 0 spiro atoms. The Labute approximate surface area is 161 Å². The van der Waals surface area contributed by atoms with E-state index >= 15 is 0 Å². The fourth-order valence-corrected chi connectivity index (χ4v) is 2.25. The molecule has 0 amide bonds. The first-order valence-corrected chi connectivity index (χ1v) is 8.27. The van der Waals surface area contributed by atoms with Gasteiger partial charge in [0.2, 0.25) is 0 Å². The normalized spacial score (nSPS) is 10.1. The maximum Gasteiger partial charge on any atom is 0.362 e. The van der Waals surface area contributed by atoms with Gasteiger partial charge in [0.1, 0.15) is 28.7 Å². The molecule has 0 bridgehead atoms. The van der Waals surface area contributed by atoms with Gasteiger partial charge in [0, 0.05) is 6.20 Å². The monoisotopic (exact) mass is 379 g/mol. The summed E-state index contributed by atoms with van der Waals surface area (Å²) in [7, 11) is 3.10. The Hall–Kier alpha value is -3.87. The first-order valence-electron chi connectivity index (χ1n) is 8.27. The number of hydrogen-bond donors (Lipinski definition) is 0.